The maximum Gasteiger partial charge on any atom is 0.282 e. The summed E-state index contributed by atoms with van der Waals surface area (Å²) in [7, 11) is 0. The van der Waals surface area contributed by atoms with Crippen LogP contribution in [0, 0.1) is 10.1 Å². The Kier molecular flexibility index (Phi) is 5.54. The third-order valence-electron chi connectivity index (χ3n) is 2.24. The summed E-state index contributed by atoms with van der Waals surface area (Å²) in [6, 6.07) is 3.90. The minimum absolute atomic E-state index is 0.0241. The number of nitrogens with one attached hydrogen (secondary N) is 2. The van der Waals surface area contributed by atoms with Crippen LogP contribution < -0.4 is 10.6 Å². The van der Waals surface area contributed by atoms with Gasteiger partial charge in [0.05, 0.1) is 4.92 Å². The molecule has 0 atom stereocenters. The molecule has 0 saturated heterocycles. The molecule has 18 heavy (non-hydrogen) atoms. The van der Waals surface area contributed by atoms with Crippen LogP contribution in [0.5, 0.6) is 0 Å². The first-order valence-corrected chi connectivity index (χ1v) is 5.87. The van der Waals surface area contributed by atoms with E-state index in [1.807, 2.05) is 6.92 Å². The van der Waals surface area contributed by atoms with Crippen molar-refractivity contribution in [2.24, 2.45) is 0 Å². The fraction of sp³-hybridized carbons (Fsp3) is 0.364. The van der Waals surface area contributed by atoms with Gasteiger partial charge in [0, 0.05) is 24.2 Å². The summed E-state index contributed by atoms with van der Waals surface area (Å²) in [6.45, 7) is 3.75. The summed E-state index contributed by atoms with van der Waals surface area (Å²) >= 11 is 5.73. The smallest absolute Gasteiger partial charge is 0.282 e. The number of amides is 1. The topological polar surface area (TPSA) is 84.3 Å². The molecule has 1 aromatic carbocycles. The summed E-state index contributed by atoms with van der Waals surface area (Å²) in [5.74, 6) is -0.498. The molecule has 0 aliphatic rings. The Morgan fingerprint density at radius 3 is 2.78 bits per heavy atom. The lowest BCUT2D eigenvalue weighted by atomic mass is 10.1. The molecule has 6 nitrogen and oxygen atoms in total. The molecule has 0 heterocycles. The van der Waals surface area contributed by atoms with Crippen LogP contribution in [0.4, 0.5) is 5.69 Å². The maximum absolute atomic E-state index is 11.8. The molecule has 1 rings (SSSR count). The van der Waals surface area contributed by atoms with Crippen LogP contribution in [-0.2, 0) is 0 Å². The van der Waals surface area contributed by atoms with Gasteiger partial charge in [-0.2, -0.15) is 0 Å². The number of carbonyl (C=O) groups excluding carboxylic acids is 1. The number of nitro benzene ring substituents is 1. The molecule has 2 N–H and O–H groups in total. The standard InChI is InChI=1S/C11H14ClN3O3/c1-2-13-5-6-14-11(16)9-7-8(12)3-4-10(9)15(17)18/h3-4,7,13H,2,5-6H2,1H3,(H,14,16). The minimum atomic E-state index is -0.602. The van der Waals surface area contributed by atoms with Crippen molar-refractivity contribution in [2.75, 3.05) is 19.6 Å². The van der Waals surface area contributed by atoms with Crippen molar-refractivity contribution in [3.05, 3.63) is 38.9 Å². The lowest BCUT2D eigenvalue weighted by molar-refractivity contribution is -0.385. The lowest BCUT2D eigenvalue weighted by Crippen LogP contribution is -2.32. The lowest BCUT2D eigenvalue weighted by Gasteiger charge is -2.06. The number of carbonyl (C=O) groups is 1. The van der Waals surface area contributed by atoms with Gasteiger partial charge in [-0.25, -0.2) is 0 Å². The molecule has 98 valence electrons. The maximum atomic E-state index is 11.8. The van der Waals surface area contributed by atoms with E-state index >= 15 is 0 Å². The van der Waals surface area contributed by atoms with Crippen molar-refractivity contribution >= 4 is 23.2 Å². The van der Waals surface area contributed by atoms with E-state index in [9.17, 15) is 14.9 Å². The predicted octanol–water partition coefficient (Wildman–Crippen LogP) is 1.59. The quantitative estimate of drug-likeness (QED) is 0.467. The van der Waals surface area contributed by atoms with Gasteiger partial charge in [0.25, 0.3) is 11.6 Å². The van der Waals surface area contributed by atoms with Crippen molar-refractivity contribution in [3.8, 4) is 0 Å². The largest absolute Gasteiger partial charge is 0.351 e. The average molecular weight is 272 g/mol. The molecule has 7 heteroatoms. The van der Waals surface area contributed by atoms with Gasteiger partial charge < -0.3 is 10.6 Å². The van der Waals surface area contributed by atoms with E-state index in [-0.39, 0.29) is 16.3 Å². The zero-order valence-electron chi connectivity index (χ0n) is 9.90. The van der Waals surface area contributed by atoms with E-state index in [0.717, 1.165) is 6.54 Å². The molecule has 1 amide bonds. The molecule has 0 aliphatic carbocycles. The van der Waals surface area contributed by atoms with Gasteiger partial charge in [-0.1, -0.05) is 18.5 Å². The SMILES string of the molecule is CCNCCNC(=O)c1cc(Cl)ccc1[N+](=O)[O-]. The Bertz CT molecular complexity index is 451. The van der Waals surface area contributed by atoms with Crippen molar-refractivity contribution in [2.45, 2.75) is 6.92 Å². The first kappa shape index (κ1) is 14.4. The predicted molar refractivity (Wildman–Crippen MR) is 69.0 cm³/mol. The van der Waals surface area contributed by atoms with Crippen LogP contribution in [0.1, 0.15) is 17.3 Å². The molecule has 0 fully saturated rings. The van der Waals surface area contributed by atoms with E-state index in [1.54, 1.807) is 0 Å². The first-order chi connectivity index (χ1) is 8.56. The Hall–Kier alpha value is -1.66. The van der Waals surface area contributed by atoms with Crippen LogP contribution in [0.25, 0.3) is 0 Å². The number of hydrogen-bond donors (Lipinski definition) is 2. The van der Waals surface area contributed by atoms with Gasteiger partial charge in [0.1, 0.15) is 5.56 Å². The van der Waals surface area contributed by atoms with Gasteiger partial charge in [-0.15, -0.1) is 0 Å². The fourth-order valence-corrected chi connectivity index (χ4v) is 1.56. The second-order valence-corrected chi connectivity index (χ2v) is 3.96. The van der Waals surface area contributed by atoms with E-state index in [2.05, 4.69) is 10.6 Å². The molecule has 1 aromatic rings. The molecular formula is C11H14ClN3O3. The highest BCUT2D eigenvalue weighted by molar-refractivity contribution is 6.31. The molecule has 0 bridgehead atoms. The van der Waals surface area contributed by atoms with Crippen LogP contribution in [-0.4, -0.2) is 30.5 Å². The van der Waals surface area contributed by atoms with Gasteiger partial charge in [0.2, 0.25) is 0 Å². The Balaban J connectivity index is 2.77. The van der Waals surface area contributed by atoms with Crippen LogP contribution in [0.3, 0.4) is 0 Å². The number of rotatable bonds is 6. The van der Waals surface area contributed by atoms with Crippen molar-refractivity contribution in [1.29, 1.82) is 0 Å². The molecule has 0 aromatic heterocycles. The van der Waals surface area contributed by atoms with E-state index < -0.39 is 10.8 Å². The number of nitro groups is 1. The molecule has 0 saturated carbocycles. The van der Waals surface area contributed by atoms with Gasteiger partial charge in [-0.05, 0) is 18.7 Å². The van der Waals surface area contributed by atoms with Gasteiger partial charge >= 0.3 is 0 Å². The van der Waals surface area contributed by atoms with E-state index in [1.165, 1.54) is 18.2 Å². The highest BCUT2D eigenvalue weighted by Gasteiger charge is 2.19. The van der Waals surface area contributed by atoms with Crippen molar-refractivity contribution in [3.63, 3.8) is 0 Å². The fourth-order valence-electron chi connectivity index (χ4n) is 1.39. The molecule has 0 radical (unpaired) electrons. The van der Waals surface area contributed by atoms with E-state index in [0.29, 0.717) is 13.1 Å². The van der Waals surface area contributed by atoms with Crippen molar-refractivity contribution in [1.82, 2.24) is 10.6 Å². The summed E-state index contributed by atoms with van der Waals surface area (Å²) < 4.78 is 0. The summed E-state index contributed by atoms with van der Waals surface area (Å²) in [5.41, 5.74) is -0.274. The van der Waals surface area contributed by atoms with Crippen LogP contribution in [0.2, 0.25) is 5.02 Å². The summed E-state index contributed by atoms with van der Waals surface area (Å²) in [5, 5.41) is 16.7. The molecule has 0 aliphatic heterocycles. The Labute approximate surface area is 109 Å². The normalized spacial score (nSPS) is 10.1. The molecule has 0 unspecified atom stereocenters. The number of hydrogen-bond acceptors (Lipinski definition) is 4. The zero-order chi connectivity index (χ0) is 13.5. The third-order valence-corrected chi connectivity index (χ3v) is 2.47. The summed E-state index contributed by atoms with van der Waals surface area (Å²) in [4.78, 5) is 22.0. The zero-order valence-corrected chi connectivity index (χ0v) is 10.7. The molecule has 0 spiro atoms. The highest BCUT2D eigenvalue weighted by atomic mass is 35.5. The third kappa shape index (κ3) is 3.97. The number of nitrogens with zero attached hydrogens (tertiary/aromatic N) is 1. The highest BCUT2D eigenvalue weighted by Crippen LogP contribution is 2.22. The Morgan fingerprint density at radius 1 is 1.44 bits per heavy atom. The number of benzene rings is 1. The first-order valence-electron chi connectivity index (χ1n) is 5.49. The second kappa shape index (κ2) is 6.93. The van der Waals surface area contributed by atoms with Crippen LogP contribution in [0.15, 0.2) is 18.2 Å². The Morgan fingerprint density at radius 2 is 2.17 bits per heavy atom. The van der Waals surface area contributed by atoms with Gasteiger partial charge in [-0.3, -0.25) is 14.9 Å². The van der Waals surface area contributed by atoms with E-state index in [4.69, 9.17) is 11.6 Å². The van der Waals surface area contributed by atoms with Crippen molar-refractivity contribution < 1.29 is 9.72 Å². The second-order valence-electron chi connectivity index (χ2n) is 3.53. The average Bonchev–Trinajstić information content (AvgIpc) is 2.34. The van der Waals surface area contributed by atoms with Crippen LogP contribution >= 0.6 is 11.6 Å². The monoisotopic (exact) mass is 271 g/mol. The minimum Gasteiger partial charge on any atom is -0.351 e. The number of likely N-dealkylation sites (N-methyl/N-ethyl adjacent to an activating group) is 1. The molecular weight excluding hydrogens is 258 g/mol. The summed E-state index contributed by atoms with van der Waals surface area (Å²) in [6.07, 6.45) is 0. The van der Waals surface area contributed by atoms with Gasteiger partial charge in [0.15, 0.2) is 0 Å². The number of halogens is 1.